The zero-order valence-corrected chi connectivity index (χ0v) is 21.2. The molecule has 1 aliphatic carbocycles. The molecule has 36 heavy (non-hydrogen) atoms. The second-order valence-corrected chi connectivity index (χ2v) is 11.6. The Labute approximate surface area is 214 Å². The van der Waals surface area contributed by atoms with Crippen molar-refractivity contribution >= 4 is 38.7 Å². The van der Waals surface area contributed by atoms with Crippen LogP contribution in [0.4, 0.5) is 5.69 Å². The lowest BCUT2D eigenvalue weighted by Crippen LogP contribution is -2.42. The van der Waals surface area contributed by atoms with Crippen LogP contribution in [-0.2, 0) is 26.7 Å². The number of sulfone groups is 1. The summed E-state index contributed by atoms with van der Waals surface area (Å²) < 4.78 is 32.2. The van der Waals surface area contributed by atoms with Crippen LogP contribution in [0.3, 0.4) is 0 Å². The van der Waals surface area contributed by atoms with E-state index in [-0.39, 0.29) is 23.0 Å². The van der Waals surface area contributed by atoms with Crippen molar-refractivity contribution in [3.05, 3.63) is 83.3 Å². The number of hydrogen-bond donors (Lipinski definition) is 1. The maximum absolute atomic E-state index is 12.5. The maximum atomic E-state index is 12.5. The lowest BCUT2D eigenvalue weighted by molar-refractivity contribution is -0.115. The van der Waals surface area contributed by atoms with Crippen LogP contribution in [0, 0.1) is 0 Å². The summed E-state index contributed by atoms with van der Waals surface area (Å²) in [4.78, 5) is 12.8. The van der Waals surface area contributed by atoms with E-state index in [1.165, 1.54) is 12.1 Å². The summed E-state index contributed by atoms with van der Waals surface area (Å²) >= 11 is 6.18. The number of rotatable bonds is 8. The lowest BCUT2D eigenvalue weighted by Gasteiger charge is -2.40. The Morgan fingerprint density at radius 2 is 1.78 bits per heavy atom. The Morgan fingerprint density at radius 3 is 2.42 bits per heavy atom. The number of carbonyl (C=O) groups is 1. The van der Waals surface area contributed by atoms with E-state index < -0.39 is 15.4 Å². The number of hydrogen-bond acceptors (Lipinski definition) is 6. The molecule has 1 fully saturated rings. The zero-order valence-electron chi connectivity index (χ0n) is 19.6. The van der Waals surface area contributed by atoms with Crippen molar-refractivity contribution in [2.24, 2.45) is 0 Å². The first kappa shape index (κ1) is 24.3. The second-order valence-electron chi connectivity index (χ2n) is 8.85. The van der Waals surface area contributed by atoms with Crippen LogP contribution in [0.25, 0.3) is 5.65 Å². The van der Waals surface area contributed by atoms with Gasteiger partial charge in [0.2, 0.25) is 5.91 Å². The summed E-state index contributed by atoms with van der Waals surface area (Å²) in [6.07, 6.45) is 4.59. The van der Waals surface area contributed by atoms with E-state index in [1.807, 2.05) is 22.6 Å². The Bertz CT molecular complexity index is 1510. The van der Waals surface area contributed by atoms with E-state index >= 15 is 0 Å². The molecule has 0 saturated heterocycles. The van der Waals surface area contributed by atoms with Gasteiger partial charge in [-0.1, -0.05) is 30.7 Å². The van der Waals surface area contributed by atoms with E-state index in [0.29, 0.717) is 22.1 Å². The molecule has 2 aromatic heterocycles. The molecule has 1 N–H and O–H groups in total. The molecular formula is C26H25ClN4O4S. The minimum Gasteiger partial charge on any atom is -0.479 e. The number of carbonyl (C=O) groups excluding carboxylic acids is 1. The largest absolute Gasteiger partial charge is 0.479 e. The fourth-order valence-electron chi connectivity index (χ4n) is 4.25. The zero-order chi connectivity index (χ0) is 25.3. The molecule has 10 heteroatoms. The number of amides is 1. The highest BCUT2D eigenvalue weighted by molar-refractivity contribution is 7.91. The van der Waals surface area contributed by atoms with Crippen molar-refractivity contribution in [1.82, 2.24) is 14.6 Å². The molecule has 0 bridgehead atoms. The van der Waals surface area contributed by atoms with Gasteiger partial charge in [0.1, 0.15) is 5.75 Å². The summed E-state index contributed by atoms with van der Waals surface area (Å²) in [7, 11) is -3.26. The number of ether oxygens (including phenoxy) is 1. The molecule has 1 amide bonds. The van der Waals surface area contributed by atoms with Crippen LogP contribution in [0.1, 0.15) is 37.6 Å². The summed E-state index contributed by atoms with van der Waals surface area (Å²) in [5, 5.41) is 12.1. The van der Waals surface area contributed by atoms with E-state index in [9.17, 15) is 13.2 Å². The predicted molar refractivity (Wildman–Crippen MR) is 137 cm³/mol. The first-order chi connectivity index (χ1) is 17.3. The monoisotopic (exact) mass is 524 g/mol. The van der Waals surface area contributed by atoms with E-state index in [0.717, 1.165) is 30.7 Å². The van der Waals surface area contributed by atoms with Crippen molar-refractivity contribution in [1.29, 1.82) is 0 Å². The third-order valence-electron chi connectivity index (χ3n) is 6.41. The fourth-order valence-corrected chi connectivity index (χ4v) is 5.29. The molecule has 2 heterocycles. The van der Waals surface area contributed by atoms with Gasteiger partial charge in [0.05, 0.1) is 22.1 Å². The van der Waals surface area contributed by atoms with E-state index in [2.05, 4.69) is 15.5 Å². The molecule has 0 unspecified atom stereocenters. The summed E-state index contributed by atoms with van der Waals surface area (Å²) in [6, 6.07) is 17.2. The topological polar surface area (TPSA) is 103 Å². The summed E-state index contributed by atoms with van der Waals surface area (Å²) in [6.45, 7) is 1.60. The van der Waals surface area contributed by atoms with Crippen molar-refractivity contribution in [2.45, 2.75) is 43.1 Å². The normalized spacial score (nSPS) is 14.8. The SMILES string of the molecule is CCS(=O)(=O)c1ccc(CC(=O)Nc2ccc(OC3(c4nnc5ccc(Cl)cn45)CCC3)cc2)cc1. The van der Waals surface area contributed by atoms with Crippen LogP contribution >= 0.6 is 11.6 Å². The Hall–Kier alpha value is -3.43. The summed E-state index contributed by atoms with van der Waals surface area (Å²) in [5.74, 6) is 1.23. The van der Waals surface area contributed by atoms with Crippen molar-refractivity contribution < 1.29 is 17.9 Å². The number of benzene rings is 2. The molecule has 0 atom stereocenters. The number of anilines is 1. The average Bonchev–Trinajstić information content (AvgIpc) is 3.26. The highest BCUT2D eigenvalue weighted by atomic mass is 35.5. The Kier molecular flexibility index (Phi) is 6.44. The van der Waals surface area contributed by atoms with Gasteiger partial charge < -0.3 is 10.1 Å². The molecule has 4 aromatic rings. The van der Waals surface area contributed by atoms with Gasteiger partial charge in [0.15, 0.2) is 26.9 Å². The van der Waals surface area contributed by atoms with Crippen LogP contribution < -0.4 is 10.1 Å². The van der Waals surface area contributed by atoms with Gasteiger partial charge >= 0.3 is 0 Å². The number of nitrogens with zero attached hydrogens (tertiary/aromatic N) is 3. The van der Waals surface area contributed by atoms with Crippen LogP contribution in [0.5, 0.6) is 5.75 Å². The number of fused-ring (bicyclic) bond motifs is 1. The van der Waals surface area contributed by atoms with Gasteiger partial charge in [-0.15, -0.1) is 10.2 Å². The number of aromatic nitrogens is 3. The first-order valence-corrected chi connectivity index (χ1v) is 13.7. The molecule has 1 aliphatic rings. The van der Waals surface area contributed by atoms with Crippen LogP contribution in [0.15, 0.2) is 71.8 Å². The third kappa shape index (κ3) is 4.81. The lowest BCUT2D eigenvalue weighted by atomic mass is 9.79. The minimum atomic E-state index is -3.26. The van der Waals surface area contributed by atoms with Gasteiger partial charge in [0.25, 0.3) is 0 Å². The van der Waals surface area contributed by atoms with Crippen LogP contribution in [0.2, 0.25) is 5.02 Å². The Morgan fingerprint density at radius 1 is 1.06 bits per heavy atom. The molecule has 0 radical (unpaired) electrons. The molecule has 186 valence electrons. The number of nitrogens with one attached hydrogen (secondary N) is 1. The van der Waals surface area contributed by atoms with Gasteiger partial charge in [-0.2, -0.15) is 0 Å². The quantitative estimate of drug-likeness (QED) is 0.354. The Balaban J connectivity index is 1.24. The molecule has 8 nitrogen and oxygen atoms in total. The number of halogens is 1. The molecule has 0 spiro atoms. The average molecular weight is 525 g/mol. The third-order valence-corrected chi connectivity index (χ3v) is 8.39. The highest BCUT2D eigenvalue weighted by Crippen LogP contribution is 2.44. The standard InChI is InChI=1S/C26H25ClN4O4S/c1-2-36(33,34)22-11-4-18(5-12-22)16-24(32)28-20-7-9-21(10-8-20)35-26(14-3-15-26)25-30-29-23-13-6-19(27)17-31(23)25/h4-13,17H,2-3,14-16H2,1H3,(H,28,32). The molecule has 5 rings (SSSR count). The summed E-state index contributed by atoms with van der Waals surface area (Å²) in [5.41, 5.74) is 1.51. The molecule has 1 saturated carbocycles. The maximum Gasteiger partial charge on any atom is 0.228 e. The van der Waals surface area contributed by atoms with Gasteiger partial charge in [-0.25, -0.2) is 8.42 Å². The molecular weight excluding hydrogens is 500 g/mol. The van der Waals surface area contributed by atoms with Gasteiger partial charge in [-0.3, -0.25) is 9.20 Å². The van der Waals surface area contributed by atoms with E-state index in [1.54, 1.807) is 43.5 Å². The van der Waals surface area contributed by atoms with Crippen LogP contribution in [-0.4, -0.2) is 34.7 Å². The fraction of sp³-hybridized carbons (Fsp3) is 0.269. The van der Waals surface area contributed by atoms with Crippen molar-refractivity contribution in [2.75, 3.05) is 11.1 Å². The van der Waals surface area contributed by atoms with Gasteiger partial charge in [-0.05, 0) is 73.4 Å². The minimum absolute atomic E-state index is 0.0393. The molecule has 2 aromatic carbocycles. The predicted octanol–water partition coefficient (Wildman–Crippen LogP) is 4.82. The second kappa shape index (κ2) is 9.55. The highest BCUT2D eigenvalue weighted by Gasteiger charge is 2.45. The van der Waals surface area contributed by atoms with Gasteiger partial charge in [0, 0.05) is 11.9 Å². The first-order valence-electron chi connectivity index (χ1n) is 11.7. The van der Waals surface area contributed by atoms with Crippen molar-refractivity contribution in [3.8, 4) is 5.75 Å². The molecule has 0 aliphatic heterocycles. The van der Waals surface area contributed by atoms with Crippen molar-refractivity contribution in [3.63, 3.8) is 0 Å². The number of pyridine rings is 1. The van der Waals surface area contributed by atoms with E-state index in [4.69, 9.17) is 16.3 Å². The smallest absolute Gasteiger partial charge is 0.228 e.